The van der Waals surface area contributed by atoms with Crippen LogP contribution in [0.15, 0.2) is 29.2 Å². The maximum Gasteiger partial charge on any atom is 0.405 e. The number of hydrogen-bond acceptors (Lipinski definition) is 5. The molecule has 0 amide bonds. The van der Waals surface area contributed by atoms with Gasteiger partial charge in [0.15, 0.2) is 0 Å². The van der Waals surface area contributed by atoms with E-state index in [0.717, 1.165) is 24.3 Å². The quantitative estimate of drug-likeness (QED) is 0.657. The number of rotatable bonds is 3. The lowest BCUT2D eigenvalue weighted by molar-refractivity contribution is -0.384. The smallest absolute Gasteiger partial charge is 0.327 e. The van der Waals surface area contributed by atoms with Crippen molar-refractivity contribution >= 4 is 15.7 Å². The van der Waals surface area contributed by atoms with Crippen LogP contribution in [0.2, 0.25) is 0 Å². The molecule has 0 bridgehead atoms. The average Bonchev–Trinajstić information content (AvgIpc) is 2.46. The van der Waals surface area contributed by atoms with Gasteiger partial charge in [-0.25, -0.2) is 8.42 Å². The molecule has 1 aromatic rings. The Morgan fingerprint density at radius 2 is 1.78 bits per heavy atom. The van der Waals surface area contributed by atoms with Crippen LogP contribution in [0, 0.1) is 10.1 Å². The second kappa shape index (κ2) is 6.06. The van der Waals surface area contributed by atoms with Gasteiger partial charge in [-0.2, -0.15) is 17.5 Å². The number of sulfonamides is 1. The highest BCUT2D eigenvalue weighted by atomic mass is 32.2. The highest BCUT2D eigenvalue weighted by Gasteiger charge is 2.50. The normalized spacial score (nSPS) is 23.7. The van der Waals surface area contributed by atoms with Crippen molar-refractivity contribution in [2.24, 2.45) is 5.73 Å². The number of nitro benzene ring substituents is 1. The molecule has 1 heterocycles. The summed E-state index contributed by atoms with van der Waals surface area (Å²) in [6.07, 6.45) is -5.07. The summed E-state index contributed by atoms with van der Waals surface area (Å²) in [4.78, 5) is 9.40. The first-order chi connectivity index (χ1) is 10.5. The van der Waals surface area contributed by atoms with Crippen molar-refractivity contribution < 1.29 is 26.5 Å². The predicted molar refractivity (Wildman–Crippen MR) is 74.0 cm³/mol. The predicted octanol–water partition coefficient (Wildman–Crippen LogP) is 1.64. The van der Waals surface area contributed by atoms with Gasteiger partial charge in [0.1, 0.15) is 6.04 Å². The van der Waals surface area contributed by atoms with Crippen molar-refractivity contribution in [3.05, 3.63) is 34.4 Å². The molecule has 2 rings (SSSR count). The summed E-state index contributed by atoms with van der Waals surface area (Å²) in [5.74, 6) is 0. The molecule has 1 aliphatic rings. The van der Waals surface area contributed by atoms with Gasteiger partial charge in [-0.3, -0.25) is 10.1 Å². The second-order valence-corrected chi connectivity index (χ2v) is 7.11. The van der Waals surface area contributed by atoms with Crippen molar-refractivity contribution in [1.29, 1.82) is 0 Å². The molecule has 0 aliphatic carbocycles. The zero-order valence-corrected chi connectivity index (χ0v) is 12.5. The number of nitrogens with zero attached hydrogens (tertiary/aromatic N) is 2. The Labute approximate surface area is 130 Å². The molecule has 23 heavy (non-hydrogen) atoms. The van der Waals surface area contributed by atoms with E-state index >= 15 is 0 Å². The van der Waals surface area contributed by atoms with Crippen molar-refractivity contribution in [3.8, 4) is 0 Å². The zero-order chi connectivity index (χ0) is 17.4. The third-order valence-electron chi connectivity index (χ3n) is 3.60. The second-order valence-electron chi connectivity index (χ2n) is 5.22. The van der Waals surface area contributed by atoms with E-state index in [1.54, 1.807) is 0 Å². The van der Waals surface area contributed by atoms with Crippen LogP contribution < -0.4 is 5.73 Å². The van der Waals surface area contributed by atoms with Crippen molar-refractivity contribution in [2.45, 2.75) is 36.0 Å². The fraction of sp³-hybridized carbons (Fsp3) is 0.500. The van der Waals surface area contributed by atoms with Crippen molar-refractivity contribution in [2.75, 3.05) is 6.54 Å². The molecule has 11 heteroatoms. The van der Waals surface area contributed by atoms with Gasteiger partial charge in [0.2, 0.25) is 10.0 Å². The van der Waals surface area contributed by atoms with Crippen LogP contribution in [0.3, 0.4) is 0 Å². The number of alkyl halides is 3. The topological polar surface area (TPSA) is 107 Å². The van der Waals surface area contributed by atoms with Crippen LogP contribution >= 0.6 is 0 Å². The van der Waals surface area contributed by atoms with Crippen LogP contribution in [0.4, 0.5) is 18.9 Å². The number of non-ortho nitro benzene ring substituents is 1. The number of piperidine rings is 1. The lowest BCUT2D eigenvalue weighted by Gasteiger charge is -2.38. The van der Waals surface area contributed by atoms with Gasteiger partial charge in [0, 0.05) is 24.7 Å². The minimum atomic E-state index is -4.71. The van der Waals surface area contributed by atoms with Gasteiger partial charge < -0.3 is 5.73 Å². The molecule has 128 valence electrons. The highest BCUT2D eigenvalue weighted by molar-refractivity contribution is 7.89. The highest BCUT2D eigenvalue weighted by Crippen LogP contribution is 2.35. The fourth-order valence-corrected chi connectivity index (χ4v) is 4.13. The number of nitrogens with two attached hydrogens (primary N) is 1. The van der Waals surface area contributed by atoms with E-state index in [1.807, 2.05) is 0 Å². The van der Waals surface area contributed by atoms with E-state index in [9.17, 15) is 31.7 Å². The number of hydrogen-bond donors (Lipinski definition) is 1. The Hall–Kier alpha value is -1.72. The SMILES string of the molecule is NC1CCC(C(F)(F)F)N(S(=O)(=O)c2ccc([N+](=O)[O-])cc2)C1. The average molecular weight is 353 g/mol. The molecule has 2 atom stereocenters. The minimum Gasteiger partial charge on any atom is -0.327 e. The summed E-state index contributed by atoms with van der Waals surface area (Å²) in [6, 6.07) is 0.852. The van der Waals surface area contributed by atoms with E-state index in [1.165, 1.54) is 0 Å². The third-order valence-corrected chi connectivity index (χ3v) is 5.49. The van der Waals surface area contributed by atoms with Gasteiger partial charge in [-0.1, -0.05) is 0 Å². The minimum absolute atomic E-state index is 0.0659. The van der Waals surface area contributed by atoms with Crippen LogP contribution in [0.1, 0.15) is 12.8 Å². The molecule has 0 radical (unpaired) electrons. The molecule has 0 aromatic heterocycles. The van der Waals surface area contributed by atoms with Crippen LogP contribution in [-0.4, -0.2) is 42.5 Å². The summed E-state index contributed by atoms with van der Waals surface area (Å²) in [5, 5.41) is 10.6. The third kappa shape index (κ3) is 3.62. The molecular weight excluding hydrogens is 339 g/mol. The molecule has 7 nitrogen and oxygen atoms in total. The van der Waals surface area contributed by atoms with Gasteiger partial charge in [-0.05, 0) is 25.0 Å². The van der Waals surface area contributed by atoms with Gasteiger partial charge in [0.05, 0.1) is 9.82 Å². The van der Waals surface area contributed by atoms with E-state index in [2.05, 4.69) is 0 Å². The summed E-state index contributed by atoms with van der Waals surface area (Å²) in [7, 11) is -4.46. The van der Waals surface area contributed by atoms with E-state index < -0.39 is 51.1 Å². The van der Waals surface area contributed by atoms with E-state index in [-0.39, 0.29) is 12.1 Å². The maximum atomic E-state index is 13.1. The van der Waals surface area contributed by atoms with Crippen LogP contribution in [-0.2, 0) is 10.0 Å². The van der Waals surface area contributed by atoms with Crippen LogP contribution in [0.5, 0.6) is 0 Å². The Bertz CT molecular complexity index is 690. The molecule has 1 fully saturated rings. The monoisotopic (exact) mass is 353 g/mol. The number of benzene rings is 1. The van der Waals surface area contributed by atoms with Crippen molar-refractivity contribution in [1.82, 2.24) is 4.31 Å². The number of halogens is 3. The molecule has 0 saturated carbocycles. The Kier molecular flexibility index (Phi) is 4.64. The fourth-order valence-electron chi connectivity index (χ4n) is 2.43. The standard InChI is InChI=1S/C12H14F3N3O4S/c13-12(14,15)11-6-1-8(16)7-17(11)23(21,22)10-4-2-9(3-5-10)18(19)20/h2-5,8,11H,1,6-7,16H2. The van der Waals surface area contributed by atoms with Gasteiger partial charge >= 0.3 is 6.18 Å². The van der Waals surface area contributed by atoms with Gasteiger partial charge in [-0.15, -0.1) is 0 Å². The summed E-state index contributed by atoms with van der Waals surface area (Å²) >= 11 is 0. The molecule has 1 aromatic carbocycles. The van der Waals surface area contributed by atoms with Crippen LogP contribution in [0.25, 0.3) is 0 Å². The lowest BCUT2D eigenvalue weighted by atomic mass is 10.0. The molecule has 2 unspecified atom stereocenters. The molecule has 2 N–H and O–H groups in total. The molecular formula is C12H14F3N3O4S. The summed E-state index contributed by atoms with van der Waals surface area (Å²) < 4.78 is 64.6. The first kappa shape index (κ1) is 17.6. The Morgan fingerprint density at radius 1 is 1.22 bits per heavy atom. The molecule has 1 saturated heterocycles. The zero-order valence-electron chi connectivity index (χ0n) is 11.7. The first-order valence-corrected chi connectivity index (χ1v) is 8.06. The Morgan fingerprint density at radius 3 is 2.26 bits per heavy atom. The molecule has 1 aliphatic heterocycles. The lowest BCUT2D eigenvalue weighted by Crippen LogP contribution is -2.56. The van der Waals surface area contributed by atoms with Crippen molar-refractivity contribution in [3.63, 3.8) is 0 Å². The summed E-state index contributed by atoms with van der Waals surface area (Å²) in [5.41, 5.74) is 5.25. The summed E-state index contributed by atoms with van der Waals surface area (Å²) in [6.45, 7) is -0.455. The first-order valence-electron chi connectivity index (χ1n) is 6.62. The van der Waals surface area contributed by atoms with E-state index in [4.69, 9.17) is 5.73 Å². The largest absolute Gasteiger partial charge is 0.405 e. The van der Waals surface area contributed by atoms with Gasteiger partial charge in [0.25, 0.3) is 5.69 Å². The molecule has 0 spiro atoms. The number of nitro groups is 1. The maximum absolute atomic E-state index is 13.1. The van der Waals surface area contributed by atoms with E-state index in [0.29, 0.717) is 4.31 Å². The Balaban J connectivity index is 2.40.